The summed E-state index contributed by atoms with van der Waals surface area (Å²) in [6.45, 7) is 6.44. The summed E-state index contributed by atoms with van der Waals surface area (Å²) in [7, 11) is 0. The molecule has 1 saturated heterocycles. The van der Waals surface area contributed by atoms with Gasteiger partial charge in [-0.15, -0.1) is 0 Å². The van der Waals surface area contributed by atoms with Gasteiger partial charge in [0.05, 0.1) is 13.2 Å². The predicted octanol–water partition coefficient (Wildman–Crippen LogP) is 3.24. The van der Waals surface area contributed by atoms with Crippen molar-refractivity contribution in [2.75, 3.05) is 42.6 Å². The van der Waals surface area contributed by atoms with E-state index in [4.69, 9.17) is 4.74 Å². The molecule has 0 aromatic heterocycles. The molecule has 1 saturated carbocycles. The van der Waals surface area contributed by atoms with Gasteiger partial charge < -0.3 is 14.5 Å². The summed E-state index contributed by atoms with van der Waals surface area (Å²) < 4.78 is 5.46. The Kier molecular flexibility index (Phi) is 4.49. The maximum absolute atomic E-state index is 13.1. The van der Waals surface area contributed by atoms with Crippen molar-refractivity contribution >= 4 is 17.3 Å². The fourth-order valence-electron chi connectivity index (χ4n) is 4.52. The predicted molar refractivity (Wildman–Crippen MR) is 96.7 cm³/mol. The minimum atomic E-state index is 0.158. The molecule has 1 atom stereocenters. The van der Waals surface area contributed by atoms with E-state index in [0.29, 0.717) is 11.8 Å². The van der Waals surface area contributed by atoms with E-state index < -0.39 is 0 Å². The van der Waals surface area contributed by atoms with Crippen molar-refractivity contribution in [3.8, 4) is 0 Å². The molecule has 2 aliphatic heterocycles. The van der Waals surface area contributed by atoms with E-state index in [2.05, 4.69) is 34.9 Å². The van der Waals surface area contributed by atoms with Crippen molar-refractivity contribution in [2.24, 2.45) is 11.8 Å². The number of hydrogen-bond acceptors (Lipinski definition) is 3. The van der Waals surface area contributed by atoms with E-state index in [1.807, 2.05) is 0 Å². The van der Waals surface area contributed by atoms with E-state index >= 15 is 0 Å². The van der Waals surface area contributed by atoms with Crippen molar-refractivity contribution < 1.29 is 9.53 Å². The molecule has 2 heterocycles. The first-order chi connectivity index (χ1) is 11.7. The highest BCUT2D eigenvalue weighted by Crippen LogP contribution is 2.37. The number of anilines is 2. The summed E-state index contributed by atoms with van der Waals surface area (Å²) in [5.41, 5.74) is 3.69. The van der Waals surface area contributed by atoms with Gasteiger partial charge in [-0.25, -0.2) is 0 Å². The zero-order valence-electron chi connectivity index (χ0n) is 14.7. The smallest absolute Gasteiger partial charge is 0.230 e. The van der Waals surface area contributed by atoms with Crippen LogP contribution in [0.3, 0.4) is 0 Å². The van der Waals surface area contributed by atoms with Crippen molar-refractivity contribution in [3.05, 3.63) is 23.8 Å². The minimum absolute atomic E-state index is 0.158. The highest BCUT2D eigenvalue weighted by molar-refractivity contribution is 5.97. The van der Waals surface area contributed by atoms with Gasteiger partial charge in [0.25, 0.3) is 0 Å². The van der Waals surface area contributed by atoms with Gasteiger partial charge in [-0.3, -0.25) is 4.79 Å². The third-order valence-electron chi connectivity index (χ3n) is 6.10. The molecule has 4 nitrogen and oxygen atoms in total. The van der Waals surface area contributed by atoms with E-state index in [0.717, 1.165) is 45.0 Å². The molecule has 1 unspecified atom stereocenters. The van der Waals surface area contributed by atoms with E-state index in [-0.39, 0.29) is 5.92 Å². The number of amides is 1. The second kappa shape index (κ2) is 6.75. The summed E-state index contributed by atoms with van der Waals surface area (Å²) in [5.74, 6) is 1.08. The molecular weight excluding hydrogens is 300 g/mol. The van der Waals surface area contributed by atoms with E-state index in [1.165, 1.54) is 36.9 Å². The maximum Gasteiger partial charge on any atom is 0.230 e. The summed E-state index contributed by atoms with van der Waals surface area (Å²) in [5, 5.41) is 0. The monoisotopic (exact) mass is 328 g/mol. The Labute approximate surface area is 144 Å². The number of nitrogens with zero attached hydrogens (tertiary/aromatic N) is 2. The van der Waals surface area contributed by atoms with E-state index in [9.17, 15) is 4.79 Å². The summed E-state index contributed by atoms with van der Waals surface area (Å²) in [6.07, 6.45) is 6.02. The quantitative estimate of drug-likeness (QED) is 0.854. The number of rotatable bonds is 3. The number of carbonyl (C=O) groups is 1. The largest absolute Gasteiger partial charge is 0.378 e. The van der Waals surface area contributed by atoms with Crippen LogP contribution in [0.4, 0.5) is 11.4 Å². The molecule has 4 rings (SSSR count). The summed E-state index contributed by atoms with van der Waals surface area (Å²) in [6, 6.07) is 6.65. The number of carbonyl (C=O) groups excluding carboxylic acids is 1. The molecule has 24 heavy (non-hydrogen) atoms. The fourth-order valence-corrected chi connectivity index (χ4v) is 4.52. The molecule has 0 bridgehead atoms. The molecule has 0 spiro atoms. The topological polar surface area (TPSA) is 32.8 Å². The lowest BCUT2D eigenvalue weighted by molar-refractivity contribution is -0.123. The van der Waals surface area contributed by atoms with Gasteiger partial charge in [0.1, 0.15) is 0 Å². The highest BCUT2D eigenvalue weighted by Gasteiger charge is 2.33. The Morgan fingerprint density at radius 3 is 2.67 bits per heavy atom. The second-order valence-corrected chi connectivity index (χ2v) is 7.49. The molecule has 0 radical (unpaired) electrons. The lowest BCUT2D eigenvalue weighted by atomic mass is 9.91. The molecule has 0 N–H and O–H groups in total. The summed E-state index contributed by atoms with van der Waals surface area (Å²) in [4.78, 5) is 17.5. The zero-order valence-corrected chi connectivity index (χ0v) is 14.7. The second-order valence-electron chi connectivity index (χ2n) is 7.49. The Hall–Kier alpha value is -1.55. The first-order valence-corrected chi connectivity index (χ1v) is 9.51. The molecule has 1 aromatic carbocycles. The lowest BCUT2D eigenvalue weighted by Gasteiger charge is -2.30. The number of benzene rings is 1. The Morgan fingerprint density at radius 1 is 1.17 bits per heavy atom. The van der Waals surface area contributed by atoms with E-state index in [1.54, 1.807) is 0 Å². The number of morpholine rings is 1. The standard InChI is InChI=1S/C20H28N2O2/c1-15(16-4-2-3-5-16)20(23)22-9-8-17-6-7-18(14-19(17)22)21-10-12-24-13-11-21/h6-7,14-16H,2-5,8-13H2,1H3. The van der Waals surface area contributed by atoms with Gasteiger partial charge >= 0.3 is 0 Å². The average Bonchev–Trinajstić information content (AvgIpc) is 3.30. The molecule has 130 valence electrons. The highest BCUT2D eigenvalue weighted by atomic mass is 16.5. The molecule has 3 aliphatic rings. The average molecular weight is 328 g/mol. The first-order valence-electron chi connectivity index (χ1n) is 9.51. The molecule has 1 aromatic rings. The van der Waals surface area contributed by atoms with Crippen LogP contribution in [0.1, 0.15) is 38.2 Å². The van der Waals surface area contributed by atoms with Crippen LogP contribution in [0.25, 0.3) is 0 Å². The molecule has 2 fully saturated rings. The number of ether oxygens (including phenoxy) is 1. The Bertz CT molecular complexity index is 604. The minimum Gasteiger partial charge on any atom is -0.378 e. The Morgan fingerprint density at radius 2 is 1.92 bits per heavy atom. The van der Waals surface area contributed by atoms with Gasteiger partial charge in [-0.1, -0.05) is 25.8 Å². The van der Waals surface area contributed by atoms with Crippen LogP contribution < -0.4 is 9.80 Å². The van der Waals surface area contributed by atoms with Crippen LogP contribution in [0.2, 0.25) is 0 Å². The van der Waals surface area contributed by atoms with Crippen LogP contribution in [-0.4, -0.2) is 38.8 Å². The van der Waals surface area contributed by atoms with Gasteiger partial charge in [-0.05, 0) is 42.9 Å². The first kappa shape index (κ1) is 15.9. The lowest BCUT2D eigenvalue weighted by Crippen LogP contribution is -2.37. The third-order valence-corrected chi connectivity index (χ3v) is 6.10. The molecular formula is C20H28N2O2. The number of fused-ring (bicyclic) bond motifs is 1. The van der Waals surface area contributed by atoms with Gasteiger partial charge in [0.2, 0.25) is 5.91 Å². The molecule has 1 aliphatic carbocycles. The molecule has 4 heteroatoms. The van der Waals surface area contributed by atoms with Crippen molar-refractivity contribution in [2.45, 2.75) is 39.0 Å². The Balaban J connectivity index is 1.54. The van der Waals surface area contributed by atoms with Crippen LogP contribution in [0, 0.1) is 11.8 Å². The van der Waals surface area contributed by atoms with Crippen LogP contribution in [0.5, 0.6) is 0 Å². The van der Waals surface area contributed by atoms with Crippen LogP contribution in [0.15, 0.2) is 18.2 Å². The van der Waals surface area contributed by atoms with Gasteiger partial charge in [-0.2, -0.15) is 0 Å². The number of hydrogen-bond donors (Lipinski definition) is 0. The maximum atomic E-state index is 13.1. The summed E-state index contributed by atoms with van der Waals surface area (Å²) >= 11 is 0. The van der Waals surface area contributed by atoms with Crippen LogP contribution in [-0.2, 0) is 16.0 Å². The van der Waals surface area contributed by atoms with Gasteiger partial charge in [0, 0.05) is 36.9 Å². The third kappa shape index (κ3) is 2.92. The van der Waals surface area contributed by atoms with Crippen LogP contribution >= 0.6 is 0 Å². The molecule has 1 amide bonds. The van der Waals surface area contributed by atoms with Crippen molar-refractivity contribution in [1.82, 2.24) is 0 Å². The van der Waals surface area contributed by atoms with Gasteiger partial charge in [0.15, 0.2) is 0 Å². The fraction of sp³-hybridized carbons (Fsp3) is 0.650. The normalized spacial score (nSPS) is 22.7. The van der Waals surface area contributed by atoms with Crippen molar-refractivity contribution in [1.29, 1.82) is 0 Å². The zero-order chi connectivity index (χ0) is 16.5. The van der Waals surface area contributed by atoms with Crippen molar-refractivity contribution in [3.63, 3.8) is 0 Å². The SMILES string of the molecule is CC(C(=O)N1CCc2ccc(N3CCOCC3)cc21)C1CCCC1.